The Bertz CT molecular complexity index is 468. The lowest BCUT2D eigenvalue weighted by Gasteiger charge is -2.39. The van der Waals surface area contributed by atoms with E-state index in [0.29, 0.717) is 13.2 Å². The first-order valence-corrected chi connectivity index (χ1v) is 12.9. The van der Waals surface area contributed by atoms with Gasteiger partial charge in [-0.25, -0.2) is 0 Å². The Morgan fingerprint density at radius 3 is 0.939 bits per heavy atom. The first-order valence-electron chi connectivity index (χ1n) is 12.9. The van der Waals surface area contributed by atoms with Crippen LogP contribution in [0, 0.1) is 10.8 Å². The smallest absolute Gasteiger partial charge is 0.0820 e. The molecule has 4 nitrogen and oxygen atoms in total. The van der Waals surface area contributed by atoms with Gasteiger partial charge in [0.25, 0.3) is 0 Å². The van der Waals surface area contributed by atoms with Crippen molar-refractivity contribution in [1.82, 2.24) is 0 Å². The molecule has 0 N–H and O–H groups in total. The second kappa shape index (κ2) is 11.7. The lowest BCUT2D eigenvalue weighted by atomic mass is 9.88. The Morgan fingerprint density at radius 2 is 0.727 bits per heavy atom. The third kappa shape index (κ3) is 19.8. The zero-order valence-corrected chi connectivity index (χ0v) is 25.3. The molecule has 0 bridgehead atoms. The van der Waals surface area contributed by atoms with Gasteiger partial charge in [-0.1, -0.05) is 41.5 Å². The molecule has 0 aromatic heterocycles. The molecule has 2 atom stereocenters. The third-order valence-electron chi connectivity index (χ3n) is 4.89. The standard InChI is InChI=1S/C29H60O4/c1-24(2,3)17-22(32-26(7,8)9)19-30-28(13,14)21-29(15,16)31-20-23(18-25(4,5)6)33-27(10,11)12/h22-23H,17-21H2,1-16H3. The van der Waals surface area contributed by atoms with E-state index < -0.39 is 0 Å². The molecule has 33 heavy (non-hydrogen) atoms. The molecule has 0 aliphatic heterocycles. The fourth-order valence-corrected chi connectivity index (χ4v) is 4.40. The third-order valence-corrected chi connectivity index (χ3v) is 4.89. The van der Waals surface area contributed by atoms with Gasteiger partial charge in [0.2, 0.25) is 0 Å². The van der Waals surface area contributed by atoms with Crippen LogP contribution < -0.4 is 0 Å². The van der Waals surface area contributed by atoms with Crippen LogP contribution in [-0.4, -0.2) is 47.8 Å². The maximum absolute atomic E-state index is 6.45. The van der Waals surface area contributed by atoms with E-state index in [9.17, 15) is 0 Å². The molecule has 0 fully saturated rings. The van der Waals surface area contributed by atoms with Gasteiger partial charge in [-0.15, -0.1) is 0 Å². The van der Waals surface area contributed by atoms with E-state index in [1.807, 2.05) is 0 Å². The molecule has 0 spiro atoms. The van der Waals surface area contributed by atoms with Crippen molar-refractivity contribution in [2.75, 3.05) is 13.2 Å². The predicted molar refractivity (Wildman–Crippen MR) is 142 cm³/mol. The van der Waals surface area contributed by atoms with Crippen molar-refractivity contribution >= 4 is 0 Å². The topological polar surface area (TPSA) is 36.9 Å². The van der Waals surface area contributed by atoms with Gasteiger partial charge >= 0.3 is 0 Å². The van der Waals surface area contributed by atoms with Gasteiger partial charge in [0, 0.05) is 6.42 Å². The van der Waals surface area contributed by atoms with E-state index in [1.165, 1.54) is 0 Å². The number of hydrogen-bond acceptors (Lipinski definition) is 4. The van der Waals surface area contributed by atoms with E-state index in [2.05, 4.69) is 111 Å². The van der Waals surface area contributed by atoms with Gasteiger partial charge in [-0.2, -0.15) is 0 Å². The summed E-state index contributed by atoms with van der Waals surface area (Å²) in [6, 6.07) is 0. The highest BCUT2D eigenvalue weighted by molar-refractivity contribution is 4.84. The molecule has 0 aromatic carbocycles. The number of rotatable bonds is 12. The molecule has 0 rings (SSSR count). The minimum atomic E-state index is -0.328. The van der Waals surface area contributed by atoms with Crippen molar-refractivity contribution in [3.05, 3.63) is 0 Å². The molecular weight excluding hydrogens is 412 g/mol. The second-order valence-electron chi connectivity index (χ2n) is 15.6. The molecule has 0 radical (unpaired) electrons. The van der Waals surface area contributed by atoms with Gasteiger partial charge in [0.15, 0.2) is 0 Å². The van der Waals surface area contributed by atoms with Crippen LogP contribution in [0.4, 0.5) is 0 Å². The largest absolute Gasteiger partial charge is 0.373 e. The van der Waals surface area contributed by atoms with Crippen LogP contribution in [0.25, 0.3) is 0 Å². The lowest BCUT2D eigenvalue weighted by molar-refractivity contribution is -0.166. The van der Waals surface area contributed by atoms with Gasteiger partial charge in [-0.05, 0) is 92.9 Å². The van der Waals surface area contributed by atoms with E-state index in [4.69, 9.17) is 18.9 Å². The summed E-state index contributed by atoms with van der Waals surface area (Å²) in [5.41, 5.74) is -0.680. The average molecular weight is 473 g/mol. The minimum absolute atomic E-state index is 0.0599. The van der Waals surface area contributed by atoms with Crippen LogP contribution >= 0.6 is 0 Å². The van der Waals surface area contributed by atoms with Crippen molar-refractivity contribution in [3.63, 3.8) is 0 Å². The quantitative estimate of drug-likeness (QED) is 0.287. The summed E-state index contributed by atoms with van der Waals surface area (Å²) in [5, 5.41) is 0. The second-order valence-corrected chi connectivity index (χ2v) is 15.6. The van der Waals surface area contributed by atoms with Crippen LogP contribution in [-0.2, 0) is 18.9 Å². The van der Waals surface area contributed by atoms with Crippen molar-refractivity contribution in [1.29, 1.82) is 0 Å². The molecule has 0 saturated carbocycles. The van der Waals surface area contributed by atoms with Crippen molar-refractivity contribution in [3.8, 4) is 0 Å². The van der Waals surface area contributed by atoms with Crippen molar-refractivity contribution < 1.29 is 18.9 Å². The summed E-state index contributed by atoms with van der Waals surface area (Å²) in [4.78, 5) is 0. The Balaban J connectivity index is 5.09. The zero-order valence-electron chi connectivity index (χ0n) is 25.3. The molecule has 0 amide bonds. The van der Waals surface area contributed by atoms with Gasteiger partial charge in [0.05, 0.1) is 47.8 Å². The molecule has 0 heterocycles. The summed E-state index contributed by atoms with van der Waals surface area (Å²) in [5.74, 6) is 0. The maximum atomic E-state index is 6.45. The van der Waals surface area contributed by atoms with Crippen LogP contribution in [0.5, 0.6) is 0 Å². The van der Waals surface area contributed by atoms with Crippen LogP contribution in [0.15, 0.2) is 0 Å². The fraction of sp³-hybridized carbons (Fsp3) is 1.00. The monoisotopic (exact) mass is 472 g/mol. The van der Waals surface area contributed by atoms with E-state index in [-0.39, 0.29) is 45.4 Å². The molecule has 0 aliphatic carbocycles. The predicted octanol–water partition coefficient (Wildman–Crippen LogP) is 8.21. The number of ether oxygens (including phenoxy) is 4. The SMILES string of the molecule is CC(C)(C)CC(COC(C)(C)CC(C)(C)OCC(CC(C)(C)C)OC(C)(C)C)OC(C)(C)C. The molecular formula is C29H60O4. The number of hydrogen-bond donors (Lipinski definition) is 0. The van der Waals surface area contributed by atoms with Gasteiger partial charge in [0.1, 0.15) is 0 Å². The van der Waals surface area contributed by atoms with Crippen molar-refractivity contribution in [2.24, 2.45) is 10.8 Å². The van der Waals surface area contributed by atoms with Crippen LogP contribution in [0.1, 0.15) is 130 Å². The Morgan fingerprint density at radius 1 is 0.455 bits per heavy atom. The fourth-order valence-electron chi connectivity index (χ4n) is 4.40. The molecule has 0 saturated heterocycles. The highest BCUT2D eigenvalue weighted by Crippen LogP contribution is 2.31. The zero-order chi connectivity index (χ0) is 26.5. The molecule has 0 aliphatic rings. The van der Waals surface area contributed by atoms with E-state index in [1.54, 1.807) is 0 Å². The van der Waals surface area contributed by atoms with Crippen LogP contribution in [0.3, 0.4) is 0 Å². The summed E-state index contributed by atoms with van der Waals surface area (Å²) < 4.78 is 25.6. The first-order chi connectivity index (χ1) is 14.3. The minimum Gasteiger partial charge on any atom is -0.373 e. The molecule has 4 heteroatoms. The normalized spacial score (nSPS) is 16.7. The Hall–Kier alpha value is -0.160. The molecule has 2 unspecified atom stereocenters. The summed E-state index contributed by atoms with van der Waals surface area (Å²) in [6.45, 7) is 35.9. The van der Waals surface area contributed by atoms with Gasteiger partial charge < -0.3 is 18.9 Å². The highest BCUT2D eigenvalue weighted by atomic mass is 16.6. The van der Waals surface area contributed by atoms with Crippen LogP contribution in [0.2, 0.25) is 0 Å². The van der Waals surface area contributed by atoms with E-state index in [0.717, 1.165) is 19.3 Å². The van der Waals surface area contributed by atoms with Crippen molar-refractivity contribution in [2.45, 2.75) is 165 Å². The molecule has 0 aromatic rings. The average Bonchev–Trinajstić information content (AvgIpc) is 2.43. The van der Waals surface area contributed by atoms with E-state index >= 15 is 0 Å². The Kier molecular flexibility index (Phi) is 11.7. The highest BCUT2D eigenvalue weighted by Gasteiger charge is 2.34. The molecule has 200 valence electrons. The first kappa shape index (κ1) is 32.8. The summed E-state index contributed by atoms with van der Waals surface area (Å²) in [7, 11) is 0. The summed E-state index contributed by atoms with van der Waals surface area (Å²) >= 11 is 0. The summed E-state index contributed by atoms with van der Waals surface area (Å²) in [6.07, 6.45) is 2.82. The maximum Gasteiger partial charge on any atom is 0.0820 e. The lowest BCUT2D eigenvalue weighted by Crippen LogP contribution is -2.43. The Labute approximate surface area is 207 Å². The van der Waals surface area contributed by atoms with Gasteiger partial charge in [-0.3, -0.25) is 0 Å².